The summed E-state index contributed by atoms with van der Waals surface area (Å²) in [5, 5.41) is 2.59. The molecule has 1 aromatic rings. The van der Waals surface area contributed by atoms with Crippen LogP contribution in [0, 0.1) is 0 Å². The minimum atomic E-state index is -0.798. The number of amides is 2. The zero-order chi connectivity index (χ0) is 17.2. The fraction of sp³-hybridized carbons (Fsp3) is 0.400. The second-order valence-electron chi connectivity index (χ2n) is 5.21. The predicted molar refractivity (Wildman–Crippen MR) is 96.4 cm³/mol. The van der Waals surface area contributed by atoms with Crippen molar-refractivity contribution >= 4 is 30.2 Å². The molecule has 24 heavy (non-hydrogen) atoms. The Hall–Kier alpha value is -2.32. The summed E-state index contributed by atoms with van der Waals surface area (Å²) >= 11 is 0. The number of carbonyl (C=O) groups excluding carboxylic acids is 2. The Kier molecular flexibility index (Phi) is 10.2. The molecular weight excluding hydrogens is 332 g/mol. The zero-order valence-corrected chi connectivity index (χ0v) is 14.2. The number of rotatable bonds is 9. The van der Waals surface area contributed by atoms with Gasteiger partial charge in [-0.15, -0.1) is 12.4 Å². The number of nitrogens with zero attached hydrogens (tertiary/aromatic N) is 1. The first-order chi connectivity index (χ1) is 10.9. The molecule has 0 saturated heterocycles. The molecule has 0 heterocycles. The van der Waals surface area contributed by atoms with Crippen molar-refractivity contribution in [3.8, 4) is 0 Å². The predicted octanol–water partition coefficient (Wildman–Crippen LogP) is -0.998. The Morgan fingerprint density at radius 3 is 2.29 bits per heavy atom. The van der Waals surface area contributed by atoms with Crippen LogP contribution in [0.3, 0.4) is 0 Å². The van der Waals surface area contributed by atoms with E-state index in [0.29, 0.717) is 25.8 Å². The van der Waals surface area contributed by atoms with E-state index in [1.54, 1.807) is 0 Å². The van der Waals surface area contributed by atoms with Crippen LogP contribution in [0.5, 0.6) is 0 Å². The highest BCUT2D eigenvalue weighted by Crippen LogP contribution is 2.04. The van der Waals surface area contributed by atoms with Crippen molar-refractivity contribution in [1.82, 2.24) is 5.32 Å². The molecule has 8 nitrogen and oxygen atoms in total. The number of halogens is 1. The number of nitrogens with one attached hydrogen (secondary N) is 1. The van der Waals surface area contributed by atoms with Gasteiger partial charge in [-0.1, -0.05) is 30.3 Å². The van der Waals surface area contributed by atoms with Crippen molar-refractivity contribution in [2.75, 3.05) is 6.54 Å². The standard InChI is InChI=1S/C15H24N6O2.ClH/c16-11(7-4-8-20-15(18)19)14(23)21-12(13(17)22)9-10-5-2-1-3-6-10;/h1-3,5-6,11-12H,4,7-9,16H2,(H2,17,22)(H,21,23)(H4,18,19,20);1H/t11-,12-;/m0./s1. The van der Waals surface area contributed by atoms with Crippen LogP contribution in [-0.4, -0.2) is 36.4 Å². The lowest BCUT2D eigenvalue weighted by molar-refractivity contribution is -0.128. The number of hydrogen-bond acceptors (Lipinski definition) is 4. The topological polar surface area (TPSA) is 163 Å². The molecule has 1 rings (SSSR count). The van der Waals surface area contributed by atoms with Gasteiger partial charge in [0.25, 0.3) is 0 Å². The molecule has 0 aliphatic heterocycles. The van der Waals surface area contributed by atoms with Gasteiger partial charge >= 0.3 is 0 Å². The van der Waals surface area contributed by atoms with Gasteiger partial charge in [0, 0.05) is 13.0 Å². The maximum atomic E-state index is 12.0. The summed E-state index contributed by atoms with van der Waals surface area (Å²) in [7, 11) is 0. The highest BCUT2D eigenvalue weighted by molar-refractivity contribution is 5.89. The largest absolute Gasteiger partial charge is 0.370 e. The van der Waals surface area contributed by atoms with E-state index >= 15 is 0 Å². The summed E-state index contributed by atoms with van der Waals surface area (Å²) in [6, 6.07) is 7.74. The lowest BCUT2D eigenvalue weighted by Crippen LogP contribution is -2.51. The van der Waals surface area contributed by atoms with Crippen molar-refractivity contribution in [3.05, 3.63) is 35.9 Å². The van der Waals surface area contributed by atoms with Crippen molar-refractivity contribution in [2.24, 2.45) is 27.9 Å². The van der Waals surface area contributed by atoms with Gasteiger partial charge in [0.1, 0.15) is 6.04 Å². The van der Waals surface area contributed by atoms with E-state index in [4.69, 9.17) is 22.9 Å². The van der Waals surface area contributed by atoms with Gasteiger partial charge in [0.05, 0.1) is 6.04 Å². The number of hydrogen-bond donors (Lipinski definition) is 5. The molecule has 0 saturated carbocycles. The van der Waals surface area contributed by atoms with E-state index in [9.17, 15) is 9.59 Å². The monoisotopic (exact) mass is 356 g/mol. The first kappa shape index (κ1) is 21.7. The maximum absolute atomic E-state index is 12.0. The van der Waals surface area contributed by atoms with E-state index in [-0.39, 0.29) is 18.4 Å². The number of carbonyl (C=O) groups is 2. The smallest absolute Gasteiger partial charge is 0.240 e. The second kappa shape index (κ2) is 11.3. The molecule has 134 valence electrons. The van der Waals surface area contributed by atoms with Crippen molar-refractivity contribution in [1.29, 1.82) is 0 Å². The van der Waals surface area contributed by atoms with E-state index in [2.05, 4.69) is 10.3 Å². The van der Waals surface area contributed by atoms with Gasteiger partial charge in [0.15, 0.2) is 5.96 Å². The quantitative estimate of drug-likeness (QED) is 0.217. The Labute approximate surface area is 147 Å². The molecule has 0 aliphatic carbocycles. The summed E-state index contributed by atoms with van der Waals surface area (Å²) in [6.07, 6.45) is 1.29. The molecule has 2 atom stereocenters. The van der Waals surface area contributed by atoms with Crippen LogP contribution in [0.4, 0.5) is 0 Å². The first-order valence-electron chi connectivity index (χ1n) is 7.34. The Balaban J connectivity index is 0.00000529. The normalized spacial score (nSPS) is 12.4. The van der Waals surface area contributed by atoms with E-state index in [1.165, 1.54) is 0 Å². The number of benzene rings is 1. The van der Waals surface area contributed by atoms with E-state index < -0.39 is 23.9 Å². The van der Waals surface area contributed by atoms with E-state index in [1.807, 2.05) is 30.3 Å². The molecule has 1 aromatic carbocycles. The molecule has 9 N–H and O–H groups in total. The number of guanidine groups is 1. The Bertz CT molecular complexity index is 548. The summed E-state index contributed by atoms with van der Waals surface area (Å²) < 4.78 is 0. The highest BCUT2D eigenvalue weighted by Gasteiger charge is 2.21. The molecular formula is C15H25ClN6O2. The number of nitrogens with two attached hydrogens (primary N) is 4. The lowest BCUT2D eigenvalue weighted by Gasteiger charge is -2.18. The van der Waals surface area contributed by atoms with Crippen molar-refractivity contribution in [3.63, 3.8) is 0 Å². The van der Waals surface area contributed by atoms with E-state index in [0.717, 1.165) is 5.56 Å². The molecule has 0 aliphatic rings. The van der Waals surface area contributed by atoms with Gasteiger partial charge in [-0.25, -0.2) is 0 Å². The van der Waals surface area contributed by atoms with Crippen molar-refractivity contribution < 1.29 is 9.59 Å². The summed E-state index contributed by atoms with van der Waals surface area (Å²) in [4.78, 5) is 27.4. The average Bonchev–Trinajstić information content (AvgIpc) is 2.51. The average molecular weight is 357 g/mol. The van der Waals surface area contributed by atoms with Crippen LogP contribution < -0.4 is 28.3 Å². The van der Waals surface area contributed by atoms with Crippen LogP contribution in [-0.2, 0) is 16.0 Å². The fourth-order valence-electron chi connectivity index (χ4n) is 2.00. The maximum Gasteiger partial charge on any atom is 0.240 e. The summed E-state index contributed by atoms with van der Waals surface area (Å²) in [5.74, 6) is -1.02. The van der Waals surface area contributed by atoms with Crippen LogP contribution in [0.15, 0.2) is 35.3 Å². The van der Waals surface area contributed by atoms with Gasteiger partial charge in [-0.3, -0.25) is 14.6 Å². The zero-order valence-electron chi connectivity index (χ0n) is 13.4. The number of aliphatic imine (C=N–C) groups is 1. The molecule has 0 radical (unpaired) electrons. The highest BCUT2D eigenvalue weighted by atomic mass is 35.5. The van der Waals surface area contributed by atoms with Gasteiger partial charge in [-0.2, -0.15) is 0 Å². The van der Waals surface area contributed by atoms with Crippen LogP contribution in [0.2, 0.25) is 0 Å². The minimum Gasteiger partial charge on any atom is -0.370 e. The molecule has 9 heteroatoms. The van der Waals surface area contributed by atoms with Crippen LogP contribution in [0.25, 0.3) is 0 Å². The summed E-state index contributed by atoms with van der Waals surface area (Å²) in [5.41, 5.74) is 22.5. The first-order valence-corrected chi connectivity index (χ1v) is 7.34. The molecule has 0 spiro atoms. The second-order valence-corrected chi connectivity index (χ2v) is 5.21. The molecule has 0 bridgehead atoms. The molecule has 2 amide bonds. The Morgan fingerprint density at radius 2 is 1.75 bits per heavy atom. The van der Waals surface area contributed by atoms with Crippen molar-refractivity contribution in [2.45, 2.75) is 31.3 Å². The molecule has 0 unspecified atom stereocenters. The molecule has 0 fully saturated rings. The third-order valence-electron chi connectivity index (χ3n) is 3.25. The summed E-state index contributed by atoms with van der Waals surface area (Å²) in [6.45, 7) is 0.395. The number of primary amides is 1. The fourth-order valence-corrected chi connectivity index (χ4v) is 2.00. The van der Waals surface area contributed by atoms with Gasteiger partial charge in [-0.05, 0) is 18.4 Å². The van der Waals surface area contributed by atoms with Gasteiger partial charge in [0.2, 0.25) is 11.8 Å². The Morgan fingerprint density at radius 1 is 1.12 bits per heavy atom. The minimum absolute atomic E-state index is 0. The van der Waals surface area contributed by atoms with Gasteiger partial charge < -0.3 is 28.3 Å². The van der Waals surface area contributed by atoms with Crippen LogP contribution >= 0.6 is 12.4 Å². The molecule has 0 aromatic heterocycles. The third-order valence-corrected chi connectivity index (χ3v) is 3.25. The third kappa shape index (κ3) is 8.35. The van der Waals surface area contributed by atoms with Crippen LogP contribution in [0.1, 0.15) is 18.4 Å². The lowest BCUT2D eigenvalue weighted by atomic mass is 10.0. The SMILES string of the molecule is Cl.NC(=O)[C@H](Cc1ccccc1)NC(=O)[C@@H](N)CCCN=C(N)N.